The van der Waals surface area contributed by atoms with Crippen molar-refractivity contribution >= 4 is 5.78 Å². The van der Waals surface area contributed by atoms with Crippen LogP contribution in [0.4, 0.5) is 0 Å². The van der Waals surface area contributed by atoms with Gasteiger partial charge in [0.2, 0.25) is 0 Å². The van der Waals surface area contributed by atoms with Crippen molar-refractivity contribution in [3.63, 3.8) is 0 Å². The number of benzene rings is 1. The lowest BCUT2D eigenvalue weighted by atomic mass is 10.0. The van der Waals surface area contributed by atoms with Crippen LogP contribution in [0.3, 0.4) is 0 Å². The third kappa shape index (κ3) is 7.68. The first kappa shape index (κ1) is 21.0. The van der Waals surface area contributed by atoms with E-state index in [9.17, 15) is 4.79 Å². The Morgan fingerprint density at radius 1 is 1.26 bits per heavy atom. The quantitative estimate of drug-likeness (QED) is 0.542. The van der Waals surface area contributed by atoms with Gasteiger partial charge in [-0.15, -0.1) is 6.58 Å². The minimum absolute atomic E-state index is 0.0324. The van der Waals surface area contributed by atoms with Crippen molar-refractivity contribution in [1.29, 1.82) is 0 Å². The van der Waals surface area contributed by atoms with Crippen molar-refractivity contribution in [1.82, 2.24) is 5.32 Å². The van der Waals surface area contributed by atoms with Crippen LogP contribution in [-0.4, -0.2) is 5.78 Å². The van der Waals surface area contributed by atoms with Gasteiger partial charge in [-0.3, -0.25) is 4.79 Å². The number of rotatable bonds is 8. The molecule has 0 bridgehead atoms. The predicted molar refractivity (Wildman–Crippen MR) is 100 cm³/mol. The molecular weight excluding hydrogens is 284 g/mol. The van der Waals surface area contributed by atoms with Gasteiger partial charge >= 0.3 is 0 Å². The third-order valence-corrected chi connectivity index (χ3v) is 3.48. The summed E-state index contributed by atoms with van der Waals surface area (Å²) in [7, 11) is 0. The van der Waals surface area contributed by atoms with E-state index in [-0.39, 0.29) is 5.78 Å². The van der Waals surface area contributed by atoms with Gasteiger partial charge in [0.1, 0.15) is 0 Å². The summed E-state index contributed by atoms with van der Waals surface area (Å²) in [5, 5.41) is 3.21. The highest BCUT2D eigenvalue weighted by molar-refractivity contribution is 5.95. The average Bonchev–Trinajstić information content (AvgIpc) is 2.58. The minimum atomic E-state index is -0.0324. The van der Waals surface area contributed by atoms with Crippen molar-refractivity contribution < 1.29 is 4.79 Å². The molecule has 0 atom stereocenters. The molecule has 0 fully saturated rings. The maximum Gasteiger partial charge on any atom is 0.180 e. The highest BCUT2D eigenvalue weighted by Crippen LogP contribution is 2.14. The van der Waals surface area contributed by atoms with Crippen molar-refractivity contribution in [2.75, 3.05) is 0 Å². The Hall–Kier alpha value is -2.03. The van der Waals surface area contributed by atoms with E-state index in [4.69, 9.17) is 5.73 Å². The first-order chi connectivity index (χ1) is 11.0. The summed E-state index contributed by atoms with van der Waals surface area (Å²) in [6.07, 6.45) is 2.80. The largest absolute Gasteiger partial charge is 0.394 e. The fourth-order valence-electron chi connectivity index (χ4n) is 1.93. The van der Waals surface area contributed by atoms with E-state index in [1.54, 1.807) is 6.08 Å². The van der Waals surface area contributed by atoms with E-state index in [0.29, 0.717) is 31.0 Å². The summed E-state index contributed by atoms with van der Waals surface area (Å²) >= 11 is 0. The summed E-state index contributed by atoms with van der Waals surface area (Å²) in [5.74, 6) is 0.502. The van der Waals surface area contributed by atoms with Crippen LogP contribution in [0, 0.1) is 0 Å². The molecule has 0 aliphatic carbocycles. The van der Waals surface area contributed by atoms with Gasteiger partial charge in [-0.25, -0.2) is 0 Å². The predicted octanol–water partition coefficient (Wildman–Crippen LogP) is 4.65. The van der Waals surface area contributed by atoms with Crippen LogP contribution in [-0.2, 0) is 11.3 Å². The van der Waals surface area contributed by atoms with Gasteiger partial charge in [0.05, 0.1) is 5.70 Å². The number of Topliss-reactive ketones (excluding diaryl/α,β-unsaturated/α-hetero) is 1. The Morgan fingerprint density at radius 2 is 1.83 bits per heavy atom. The Bertz CT molecular complexity index is 513. The smallest absolute Gasteiger partial charge is 0.180 e. The number of carbonyl (C=O) groups excluding carboxylic acids is 1. The number of allylic oxidation sites excluding steroid dienone is 3. The lowest BCUT2D eigenvalue weighted by molar-refractivity contribution is -0.115. The molecule has 1 aromatic carbocycles. The second-order valence-electron chi connectivity index (χ2n) is 5.54. The highest BCUT2D eigenvalue weighted by Gasteiger charge is 2.08. The molecule has 1 aromatic rings. The molecule has 128 valence electrons. The van der Waals surface area contributed by atoms with Crippen LogP contribution >= 0.6 is 0 Å². The second-order valence-corrected chi connectivity index (χ2v) is 5.54. The molecule has 1 rings (SSSR count). The molecule has 23 heavy (non-hydrogen) atoms. The first-order valence-corrected chi connectivity index (χ1v) is 8.38. The van der Waals surface area contributed by atoms with Gasteiger partial charge < -0.3 is 11.1 Å². The zero-order valence-corrected chi connectivity index (χ0v) is 15.3. The summed E-state index contributed by atoms with van der Waals surface area (Å²) in [6.45, 7) is 14.5. The lowest BCUT2D eigenvalue weighted by Gasteiger charge is -2.11. The maximum atomic E-state index is 11.8. The second kappa shape index (κ2) is 11.5. The zero-order valence-electron chi connectivity index (χ0n) is 15.3. The molecule has 0 aromatic heterocycles. The Kier molecular flexibility index (Phi) is 10.5. The normalized spacial score (nSPS) is 11.2. The van der Waals surface area contributed by atoms with Crippen molar-refractivity contribution in [2.24, 2.45) is 5.73 Å². The molecule has 0 saturated carbocycles. The van der Waals surface area contributed by atoms with Gasteiger partial charge in [0, 0.05) is 18.7 Å². The van der Waals surface area contributed by atoms with E-state index in [2.05, 4.69) is 50.0 Å². The lowest BCUT2D eigenvalue weighted by Crippen LogP contribution is -2.21. The summed E-state index contributed by atoms with van der Waals surface area (Å²) in [5.41, 5.74) is 9.41. The molecule has 0 spiro atoms. The SMILES string of the molecule is C=CCCC(=O)/C(N)=C(\C)NCc1ccc(C(C)C)cc1.CC. The molecule has 0 aliphatic rings. The Labute approximate surface area is 141 Å². The van der Waals surface area contributed by atoms with Crippen molar-refractivity contribution in [2.45, 2.75) is 59.9 Å². The van der Waals surface area contributed by atoms with Crippen molar-refractivity contribution in [3.05, 3.63) is 59.4 Å². The highest BCUT2D eigenvalue weighted by atomic mass is 16.1. The molecule has 0 aliphatic heterocycles. The third-order valence-electron chi connectivity index (χ3n) is 3.48. The molecule has 0 saturated heterocycles. The molecule has 3 N–H and O–H groups in total. The number of hydrogen-bond acceptors (Lipinski definition) is 3. The van der Waals surface area contributed by atoms with E-state index >= 15 is 0 Å². The molecular formula is C20H32N2O. The van der Waals surface area contributed by atoms with Gasteiger partial charge in [-0.05, 0) is 30.4 Å². The van der Waals surface area contributed by atoms with Crippen LogP contribution in [0.5, 0.6) is 0 Å². The number of ketones is 1. The molecule has 0 amide bonds. The minimum Gasteiger partial charge on any atom is -0.394 e. The molecule has 0 heterocycles. The number of nitrogens with one attached hydrogen (secondary N) is 1. The first-order valence-electron chi connectivity index (χ1n) is 8.38. The van der Waals surface area contributed by atoms with E-state index in [1.807, 2.05) is 20.8 Å². The average molecular weight is 316 g/mol. The van der Waals surface area contributed by atoms with Gasteiger partial charge in [-0.1, -0.05) is 58.0 Å². The number of carbonyl (C=O) groups is 1. The molecule has 3 nitrogen and oxygen atoms in total. The Morgan fingerprint density at radius 3 is 2.30 bits per heavy atom. The van der Waals surface area contributed by atoms with Gasteiger partial charge in [-0.2, -0.15) is 0 Å². The standard InChI is InChI=1S/C18H26N2O.C2H6/c1-5-6-7-17(21)18(19)14(4)20-12-15-8-10-16(11-9-15)13(2)3;1-2/h5,8-11,13,20H,1,6-7,12,19H2,2-4H3;1-2H3/b18-14-;. The topological polar surface area (TPSA) is 55.1 Å². The number of nitrogens with two attached hydrogens (primary N) is 1. The van der Waals surface area contributed by atoms with E-state index in [1.165, 1.54) is 11.1 Å². The molecule has 0 radical (unpaired) electrons. The molecule has 3 heteroatoms. The monoisotopic (exact) mass is 316 g/mol. The number of hydrogen-bond donors (Lipinski definition) is 2. The molecule has 0 unspecified atom stereocenters. The fraction of sp³-hybridized carbons (Fsp3) is 0.450. The summed E-state index contributed by atoms with van der Waals surface area (Å²) in [6, 6.07) is 8.48. The summed E-state index contributed by atoms with van der Waals surface area (Å²) < 4.78 is 0. The maximum absolute atomic E-state index is 11.8. The van der Waals surface area contributed by atoms with Crippen LogP contribution in [0.25, 0.3) is 0 Å². The summed E-state index contributed by atoms with van der Waals surface area (Å²) in [4.78, 5) is 11.8. The van der Waals surface area contributed by atoms with Gasteiger partial charge in [0.15, 0.2) is 5.78 Å². The van der Waals surface area contributed by atoms with Crippen molar-refractivity contribution in [3.8, 4) is 0 Å². The van der Waals surface area contributed by atoms with Crippen LogP contribution in [0.2, 0.25) is 0 Å². The fourth-order valence-corrected chi connectivity index (χ4v) is 1.93. The van der Waals surface area contributed by atoms with E-state index < -0.39 is 0 Å². The Balaban J connectivity index is 0.00000232. The van der Waals surface area contributed by atoms with Crippen LogP contribution in [0.1, 0.15) is 64.5 Å². The zero-order chi connectivity index (χ0) is 17.8. The van der Waals surface area contributed by atoms with Crippen LogP contribution in [0.15, 0.2) is 48.3 Å². The van der Waals surface area contributed by atoms with Gasteiger partial charge in [0.25, 0.3) is 0 Å². The van der Waals surface area contributed by atoms with Crippen LogP contribution < -0.4 is 11.1 Å². The van der Waals surface area contributed by atoms with E-state index in [0.717, 1.165) is 5.70 Å².